The lowest BCUT2D eigenvalue weighted by Gasteiger charge is -2.06. The molecule has 3 rings (SSSR count). The van der Waals surface area contributed by atoms with Crippen molar-refractivity contribution in [3.63, 3.8) is 0 Å². The second kappa shape index (κ2) is 9.01. The first-order valence-electron chi connectivity index (χ1n) is 9.37. The smallest absolute Gasteiger partial charge is 0.248 e. The zero-order chi connectivity index (χ0) is 20.8. The minimum atomic E-state index is -0.398. The highest BCUT2D eigenvalue weighted by atomic mass is 16.2. The number of carbonyl (C=O) groups is 3. The van der Waals surface area contributed by atoms with Crippen molar-refractivity contribution in [2.24, 2.45) is 0 Å². The van der Waals surface area contributed by atoms with Crippen LogP contribution < -0.4 is 10.6 Å². The van der Waals surface area contributed by atoms with E-state index in [0.29, 0.717) is 29.8 Å². The van der Waals surface area contributed by atoms with Crippen molar-refractivity contribution in [3.8, 4) is 0 Å². The summed E-state index contributed by atoms with van der Waals surface area (Å²) in [5.74, 6) is -0.723. The number of aromatic amines is 1. The molecule has 6 heteroatoms. The highest BCUT2D eigenvalue weighted by Gasteiger charge is 2.08. The van der Waals surface area contributed by atoms with Gasteiger partial charge in [-0.1, -0.05) is 18.2 Å². The maximum absolute atomic E-state index is 12.2. The van der Waals surface area contributed by atoms with Crippen LogP contribution in [0.4, 0.5) is 5.69 Å². The van der Waals surface area contributed by atoms with Gasteiger partial charge in [-0.25, -0.2) is 0 Å². The molecule has 0 aliphatic heterocycles. The third-order valence-corrected chi connectivity index (χ3v) is 4.62. The van der Waals surface area contributed by atoms with Gasteiger partial charge in [0.25, 0.3) is 0 Å². The van der Waals surface area contributed by atoms with Crippen LogP contribution >= 0.6 is 0 Å². The van der Waals surface area contributed by atoms with Gasteiger partial charge in [0.05, 0.1) is 0 Å². The van der Waals surface area contributed by atoms with E-state index in [1.807, 2.05) is 30.5 Å². The third kappa shape index (κ3) is 5.19. The number of hydrogen-bond donors (Lipinski definition) is 3. The Morgan fingerprint density at radius 1 is 1.00 bits per heavy atom. The number of nitrogens with one attached hydrogen (secondary N) is 3. The largest absolute Gasteiger partial charge is 0.361 e. The first-order chi connectivity index (χ1) is 13.9. The van der Waals surface area contributed by atoms with Gasteiger partial charge in [0.15, 0.2) is 5.78 Å². The molecule has 0 fully saturated rings. The molecule has 0 saturated carbocycles. The number of aromatic nitrogens is 1. The lowest BCUT2D eigenvalue weighted by Crippen LogP contribution is -2.27. The topological polar surface area (TPSA) is 91.1 Å². The Kier molecular flexibility index (Phi) is 6.24. The van der Waals surface area contributed by atoms with Gasteiger partial charge in [0.2, 0.25) is 11.8 Å². The predicted octanol–water partition coefficient (Wildman–Crippen LogP) is 3.61. The Morgan fingerprint density at radius 3 is 2.45 bits per heavy atom. The maximum atomic E-state index is 12.2. The van der Waals surface area contributed by atoms with Crippen LogP contribution in [-0.2, 0) is 16.0 Å². The van der Waals surface area contributed by atoms with Crippen molar-refractivity contribution < 1.29 is 14.4 Å². The second-order valence-corrected chi connectivity index (χ2v) is 6.82. The normalized spacial score (nSPS) is 11.3. The number of amides is 2. The Bertz CT molecular complexity index is 1080. The number of carbonyl (C=O) groups excluding carboxylic acids is 3. The molecule has 1 aromatic heterocycles. The summed E-state index contributed by atoms with van der Waals surface area (Å²) in [7, 11) is 0. The Labute approximate surface area is 169 Å². The predicted molar refractivity (Wildman–Crippen MR) is 114 cm³/mol. The molecule has 0 spiro atoms. The zero-order valence-electron chi connectivity index (χ0n) is 16.4. The van der Waals surface area contributed by atoms with Crippen LogP contribution in [0.15, 0.2) is 66.4 Å². The van der Waals surface area contributed by atoms with E-state index in [0.717, 1.165) is 16.5 Å². The Balaban J connectivity index is 1.51. The standard InChI is InChI=1S/C23H23N3O3/c1-15(13-22(28)26-19-9-7-17(8-10-19)16(2)27)23(29)24-12-11-18-14-25-21-6-4-3-5-20(18)21/h3-10,13-14,25H,11-12H2,1-2H3,(H,24,29)(H,26,28)/b15-13-. The van der Waals surface area contributed by atoms with Crippen molar-refractivity contribution in [3.05, 3.63) is 77.5 Å². The van der Waals surface area contributed by atoms with Crippen molar-refractivity contribution in [2.75, 3.05) is 11.9 Å². The molecule has 0 atom stereocenters. The fraction of sp³-hybridized carbons (Fsp3) is 0.174. The lowest BCUT2D eigenvalue weighted by molar-refractivity contribution is -0.118. The van der Waals surface area contributed by atoms with Crippen molar-refractivity contribution in [1.29, 1.82) is 0 Å². The van der Waals surface area contributed by atoms with Gasteiger partial charge in [-0.15, -0.1) is 0 Å². The summed E-state index contributed by atoms with van der Waals surface area (Å²) in [6.07, 6.45) is 3.90. The van der Waals surface area contributed by atoms with Gasteiger partial charge < -0.3 is 15.6 Å². The molecule has 0 aliphatic rings. The average molecular weight is 389 g/mol. The summed E-state index contributed by atoms with van der Waals surface area (Å²) in [6.45, 7) is 3.55. The fourth-order valence-electron chi connectivity index (χ4n) is 3.02. The number of rotatable bonds is 7. The highest BCUT2D eigenvalue weighted by molar-refractivity contribution is 6.06. The van der Waals surface area contributed by atoms with Gasteiger partial charge in [-0.05, 0) is 56.2 Å². The molecule has 3 aromatic rings. The SMILES string of the molecule is CC(=O)c1ccc(NC(=O)/C=C(/C)C(=O)NCCc2c[nH]c3ccccc23)cc1. The molecule has 2 amide bonds. The number of ketones is 1. The minimum absolute atomic E-state index is 0.0390. The Hall–Kier alpha value is -3.67. The number of para-hydroxylation sites is 1. The first-order valence-corrected chi connectivity index (χ1v) is 9.37. The molecule has 148 valence electrons. The van der Waals surface area contributed by atoms with Gasteiger partial charge >= 0.3 is 0 Å². The van der Waals surface area contributed by atoms with Crippen LogP contribution in [0.3, 0.4) is 0 Å². The lowest BCUT2D eigenvalue weighted by atomic mass is 10.1. The molecule has 0 unspecified atom stereocenters. The van der Waals surface area contributed by atoms with E-state index >= 15 is 0 Å². The van der Waals surface area contributed by atoms with Gasteiger partial charge in [-0.3, -0.25) is 14.4 Å². The molecule has 2 aromatic carbocycles. The first kappa shape index (κ1) is 20.1. The van der Waals surface area contributed by atoms with E-state index in [4.69, 9.17) is 0 Å². The van der Waals surface area contributed by atoms with Crippen molar-refractivity contribution in [2.45, 2.75) is 20.3 Å². The third-order valence-electron chi connectivity index (χ3n) is 4.62. The van der Waals surface area contributed by atoms with Crippen LogP contribution in [0.2, 0.25) is 0 Å². The van der Waals surface area contributed by atoms with E-state index in [1.54, 1.807) is 31.2 Å². The number of H-pyrrole nitrogens is 1. The summed E-state index contributed by atoms with van der Waals surface area (Å²) in [5, 5.41) is 6.66. The quantitative estimate of drug-likeness (QED) is 0.426. The minimum Gasteiger partial charge on any atom is -0.361 e. The molecular weight excluding hydrogens is 366 g/mol. The number of Topliss-reactive ketones (excluding diaryl/α,β-unsaturated/α-hetero) is 1. The monoisotopic (exact) mass is 389 g/mol. The van der Waals surface area contributed by atoms with E-state index in [2.05, 4.69) is 15.6 Å². The summed E-state index contributed by atoms with van der Waals surface area (Å²) >= 11 is 0. The molecule has 0 aliphatic carbocycles. The summed E-state index contributed by atoms with van der Waals surface area (Å²) in [5.41, 5.74) is 3.65. The molecule has 6 nitrogen and oxygen atoms in total. The summed E-state index contributed by atoms with van der Waals surface area (Å²) < 4.78 is 0. The number of hydrogen-bond acceptors (Lipinski definition) is 3. The summed E-state index contributed by atoms with van der Waals surface area (Å²) in [4.78, 5) is 38.8. The van der Waals surface area contributed by atoms with Crippen LogP contribution in [0.5, 0.6) is 0 Å². The number of fused-ring (bicyclic) bond motifs is 1. The molecule has 0 bridgehead atoms. The number of anilines is 1. The Morgan fingerprint density at radius 2 is 1.72 bits per heavy atom. The van der Waals surface area contributed by atoms with Crippen LogP contribution in [0.25, 0.3) is 10.9 Å². The zero-order valence-corrected chi connectivity index (χ0v) is 16.4. The van der Waals surface area contributed by atoms with E-state index in [-0.39, 0.29) is 11.7 Å². The average Bonchev–Trinajstić information content (AvgIpc) is 3.11. The molecule has 0 saturated heterocycles. The van der Waals surface area contributed by atoms with Crippen LogP contribution in [0.1, 0.15) is 29.8 Å². The van der Waals surface area contributed by atoms with Gasteiger partial charge in [-0.2, -0.15) is 0 Å². The van der Waals surface area contributed by atoms with Crippen molar-refractivity contribution in [1.82, 2.24) is 10.3 Å². The van der Waals surface area contributed by atoms with E-state index in [1.165, 1.54) is 13.0 Å². The van der Waals surface area contributed by atoms with Gasteiger partial charge in [0, 0.05) is 46.5 Å². The van der Waals surface area contributed by atoms with Crippen LogP contribution in [-0.4, -0.2) is 29.1 Å². The van der Waals surface area contributed by atoms with E-state index < -0.39 is 5.91 Å². The highest BCUT2D eigenvalue weighted by Crippen LogP contribution is 2.17. The second-order valence-electron chi connectivity index (χ2n) is 6.82. The fourth-order valence-corrected chi connectivity index (χ4v) is 3.02. The molecule has 29 heavy (non-hydrogen) atoms. The molecule has 0 radical (unpaired) electrons. The summed E-state index contributed by atoms with van der Waals surface area (Å²) in [6, 6.07) is 14.6. The van der Waals surface area contributed by atoms with E-state index in [9.17, 15) is 14.4 Å². The number of benzene rings is 2. The molecule has 1 heterocycles. The molecule has 3 N–H and O–H groups in total. The molecular formula is C23H23N3O3. The maximum Gasteiger partial charge on any atom is 0.248 e. The van der Waals surface area contributed by atoms with Crippen LogP contribution in [0, 0.1) is 0 Å². The van der Waals surface area contributed by atoms with Gasteiger partial charge in [0.1, 0.15) is 0 Å². The van der Waals surface area contributed by atoms with Crippen molar-refractivity contribution >= 4 is 34.2 Å².